The van der Waals surface area contributed by atoms with E-state index in [1.807, 2.05) is 0 Å². The third-order valence-corrected chi connectivity index (χ3v) is 5.81. The second-order valence-corrected chi connectivity index (χ2v) is 7.73. The number of aryl methyl sites for hydroxylation is 1. The number of thiophene rings is 1. The molecule has 2 aliphatic carbocycles. The van der Waals surface area contributed by atoms with Crippen molar-refractivity contribution in [1.29, 1.82) is 0 Å². The quantitative estimate of drug-likeness (QED) is 0.916. The number of nitrogens with one attached hydrogen (secondary N) is 2. The number of H-pyrrole nitrogens is 1. The molecule has 21 heavy (non-hydrogen) atoms. The Morgan fingerprint density at radius 1 is 1.38 bits per heavy atom. The van der Waals surface area contributed by atoms with E-state index in [1.165, 1.54) is 29.7 Å². The van der Waals surface area contributed by atoms with E-state index in [0.29, 0.717) is 6.04 Å². The van der Waals surface area contributed by atoms with Gasteiger partial charge in [-0.05, 0) is 50.5 Å². The van der Waals surface area contributed by atoms with Gasteiger partial charge in [0.05, 0.1) is 11.4 Å². The van der Waals surface area contributed by atoms with Crippen molar-refractivity contribution in [3.8, 4) is 0 Å². The molecule has 4 nitrogen and oxygen atoms in total. The molecule has 2 aromatic rings. The van der Waals surface area contributed by atoms with Gasteiger partial charge in [-0.15, -0.1) is 11.3 Å². The lowest BCUT2D eigenvalue weighted by Gasteiger charge is -2.17. The molecule has 0 spiro atoms. The van der Waals surface area contributed by atoms with Crippen molar-refractivity contribution in [3.05, 3.63) is 26.6 Å². The predicted octanol–water partition coefficient (Wildman–Crippen LogP) is 2.92. The minimum atomic E-state index is 0.0477. The first-order valence-electron chi connectivity index (χ1n) is 7.92. The van der Waals surface area contributed by atoms with Crippen molar-refractivity contribution in [2.75, 3.05) is 0 Å². The van der Waals surface area contributed by atoms with Crippen molar-refractivity contribution in [3.63, 3.8) is 0 Å². The maximum absolute atomic E-state index is 12.5. The summed E-state index contributed by atoms with van der Waals surface area (Å²) in [7, 11) is 0. The fourth-order valence-corrected chi connectivity index (χ4v) is 4.64. The van der Waals surface area contributed by atoms with E-state index in [-0.39, 0.29) is 11.6 Å². The predicted molar refractivity (Wildman–Crippen MR) is 86.0 cm³/mol. The Kier molecular flexibility index (Phi) is 3.15. The van der Waals surface area contributed by atoms with Crippen molar-refractivity contribution in [2.45, 2.75) is 58.0 Å². The molecule has 1 saturated carbocycles. The summed E-state index contributed by atoms with van der Waals surface area (Å²) in [4.78, 5) is 22.6. The number of aromatic amines is 1. The van der Waals surface area contributed by atoms with Gasteiger partial charge in [-0.25, -0.2) is 4.98 Å². The Hall–Kier alpha value is -1.20. The Labute approximate surface area is 128 Å². The van der Waals surface area contributed by atoms with Crippen LogP contribution in [-0.2, 0) is 12.8 Å². The monoisotopic (exact) mass is 303 g/mol. The number of fused-ring (bicyclic) bond motifs is 3. The summed E-state index contributed by atoms with van der Waals surface area (Å²) in [6.07, 6.45) is 5.78. The van der Waals surface area contributed by atoms with Gasteiger partial charge in [-0.3, -0.25) is 4.79 Å². The molecular weight excluding hydrogens is 282 g/mol. The third kappa shape index (κ3) is 2.42. The van der Waals surface area contributed by atoms with E-state index in [9.17, 15) is 4.79 Å². The van der Waals surface area contributed by atoms with Crippen molar-refractivity contribution < 1.29 is 0 Å². The molecule has 112 valence electrons. The Bertz CT molecular complexity index is 744. The van der Waals surface area contributed by atoms with E-state index >= 15 is 0 Å². The zero-order valence-electron chi connectivity index (χ0n) is 12.5. The van der Waals surface area contributed by atoms with Crippen LogP contribution in [0.2, 0.25) is 0 Å². The number of hydrogen-bond donors (Lipinski definition) is 2. The highest BCUT2D eigenvalue weighted by atomic mass is 32.1. The van der Waals surface area contributed by atoms with Gasteiger partial charge in [0.1, 0.15) is 10.7 Å². The largest absolute Gasteiger partial charge is 0.309 e. The second kappa shape index (κ2) is 4.92. The van der Waals surface area contributed by atoms with Gasteiger partial charge in [0.15, 0.2) is 0 Å². The molecule has 2 N–H and O–H groups in total. The van der Waals surface area contributed by atoms with Crippen molar-refractivity contribution in [2.24, 2.45) is 5.92 Å². The van der Waals surface area contributed by atoms with Gasteiger partial charge in [0, 0.05) is 10.9 Å². The third-order valence-electron chi connectivity index (χ3n) is 4.66. The molecular formula is C16H21N3OS. The standard InChI is InChI=1S/C16H21N3OS/c1-8-3-6-11-12(7-8)21-16-13(11)15(20)18-14(19-16)9(2)17-10-4-5-10/h8-10,17H,3-7H2,1-2H3,(H,18,19,20)/t8-,9+/m0/s1. The highest BCUT2D eigenvalue weighted by Gasteiger charge is 2.26. The van der Waals surface area contributed by atoms with Crippen LogP contribution in [0.15, 0.2) is 4.79 Å². The highest BCUT2D eigenvalue weighted by Crippen LogP contribution is 2.35. The first kappa shape index (κ1) is 13.5. The number of hydrogen-bond acceptors (Lipinski definition) is 4. The molecule has 0 aliphatic heterocycles. The topological polar surface area (TPSA) is 57.8 Å². The molecule has 0 bridgehead atoms. The lowest BCUT2D eigenvalue weighted by atomic mass is 9.89. The molecule has 0 aromatic carbocycles. The van der Waals surface area contributed by atoms with Crippen LogP contribution in [0.3, 0.4) is 0 Å². The summed E-state index contributed by atoms with van der Waals surface area (Å²) in [5.41, 5.74) is 1.31. The molecule has 1 fully saturated rings. The smallest absolute Gasteiger partial charge is 0.259 e. The molecule has 0 saturated heterocycles. The second-order valence-electron chi connectivity index (χ2n) is 6.65. The van der Waals surface area contributed by atoms with Crippen LogP contribution in [0.4, 0.5) is 0 Å². The zero-order chi connectivity index (χ0) is 14.6. The fraction of sp³-hybridized carbons (Fsp3) is 0.625. The summed E-state index contributed by atoms with van der Waals surface area (Å²) in [6.45, 7) is 4.37. The average molecular weight is 303 g/mol. The van der Waals surface area contributed by atoms with E-state index < -0.39 is 0 Å². The van der Waals surface area contributed by atoms with Crippen LogP contribution in [0, 0.1) is 5.92 Å². The van der Waals surface area contributed by atoms with Crippen LogP contribution >= 0.6 is 11.3 Å². The van der Waals surface area contributed by atoms with E-state index in [1.54, 1.807) is 11.3 Å². The summed E-state index contributed by atoms with van der Waals surface area (Å²) in [6, 6.07) is 0.728. The van der Waals surface area contributed by atoms with Crippen LogP contribution in [0.25, 0.3) is 10.2 Å². The van der Waals surface area contributed by atoms with E-state index in [2.05, 4.69) is 24.1 Å². The zero-order valence-corrected chi connectivity index (χ0v) is 13.3. The van der Waals surface area contributed by atoms with E-state index in [4.69, 9.17) is 4.98 Å². The number of rotatable bonds is 3. The van der Waals surface area contributed by atoms with Gasteiger partial charge in [0.2, 0.25) is 0 Å². The molecule has 0 radical (unpaired) electrons. The molecule has 2 aromatic heterocycles. The molecule has 2 aliphatic rings. The van der Waals surface area contributed by atoms with Crippen LogP contribution in [0.5, 0.6) is 0 Å². The van der Waals surface area contributed by atoms with Gasteiger partial charge < -0.3 is 10.3 Å². The molecule has 5 heteroatoms. The van der Waals surface area contributed by atoms with Gasteiger partial charge in [-0.1, -0.05) is 6.92 Å². The van der Waals surface area contributed by atoms with Crippen LogP contribution < -0.4 is 10.9 Å². The highest BCUT2D eigenvalue weighted by molar-refractivity contribution is 7.18. The fourth-order valence-electron chi connectivity index (χ4n) is 3.25. The maximum Gasteiger partial charge on any atom is 0.259 e. The summed E-state index contributed by atoms with van der Waals surface area (Å²) in [5.74, 6) is 1.51. The molecule has 4 rings (SSSR count). The van der Waals surface area contributed by atoms with E-state index in [0.717, 1.165) is 34.8 Å². The Morgan fingerprint density at radius 2 is 2.19 bits per heavy atom. The molecule has 0 unspecified atom stereocenters. The Balaban J connectivity index is 1.77. The lowest BCUT2D eigenvalue weighted by molar-refractivity contribution is 0.509. The summed E-state index contributed by atoms with van der Waals surface area (Å²) < 4.78 is 0. The summed E-state index contributed by atoms with van der Waals surface area (Å²) >= 11 is 1.72. The number of aromatic nitrogens is 2. The SMILES string of the molecule is C[C@H]1CCc2c(sc3nc([C@@H](C)NC4CC4)[nH]c(=O)c23)C1. The van der Waals surface area contributed by atoms with Gasteiger partial charge in [-0.2, -0.15) is 0 Å². The maximum atomic E-state index is 12.5. The van der Waals surface area contributed by atoms with Gasteiger partial charge in [0.25, 0.3) is 5.56 Å². The lowest BCUT2D eigenvalue weighted by Crippen LogP contribution is -2.25. The summed E-state index contributed by atoms with van der Waals surface area (Å²) in [5, 5.41) is 4.35. The average Bonchev–Trinajstić information content (AvgIpc) is 3.16. The normalized spacial score (nSPS) is 23.2. The first-order chi connectivity index (χ1) is 10.1. The van der Waals surface area contributed by atoms with Crippen LogP contribution in [-0.4, -0.2) is 16.0 Å². The molecule has 0 amide bonds. The Morgan fingerprint density at radius 3 is 2.95 bits per heavy atom. The minimum absolute atomic E-state index is 0.0477. The minimum Gasteiger partial charge on any atom is -0.309 e. The van der Waals surface area contributed by atoms with Crippen molar-refractivity contribution >= 4 is 21.6 Å². The number of nitrogens with zero attached hydrogens (tertiary/aromatic N) is 1. The molecule has 2 atom stereocenters. The van der Waals surface area contributed by atoms with Crippen molar-refractivity contribution in [1.82, 2.24) is 15.3 Å². The first-order valence-corrected chi connectivity index (χ1v) is 8.74. The molecule has 2 heterocycles. The van der Waals surface area contributed by atoms with Crippen LogP contribution in [0.1, 0.15) is 55.4 Å². The van der Waals surface area contributed by atoms with Gasteiger partial charge >= 0.3 is 0 Å².